The van der Waals surface area contributed by atoms with Gasteiger partial charge < -0.3 is 0 Å². The number of rotatable bonds is 0. The fourth-order valence-electron chi connectivity index (χ4n) is 6.70. The molecule has 42 heavy (non-hydrogen) atoms. The van der Waals surface area contributed by atoms with E-state index < -0.39 is 0 Å². The first-order chi connectivity index (χ1) is 20.7. The summed E-state index contributed by atoms with van der Waals surface area (Å²) in [6.07, 6.45) is 2.32. The summed E-state index contributed by atoms with van der Waals surface area (Å²) in [7, 11) is 0. The molecule has 0 fully saturated rings. The molecule has 0 bridgehead atoms. The first-order valence-corrected chi connectivity index (χ1v) is 20.0. The Bertz CT molecular complexity index is 2660. The minimum atomic E-state index is 0.122. The van der Waals surface area contributed by atoms with Gasteiger partial charge in [-0.2, -0.15) is 0 Å². The molecular weight excluding hydrogens is 673 g/mol. The van der Waals surface area contributed by atoms with Crippen LogP contribution in [0.3, 0.4) is 0 Å². The average Bonchev–Trinajstić information content (AvgIpc) is 3.77. The van der Waals surface area contributed by atoms with Gasteiger partial charge in [0.25, 0.3) is 0 Å². The molecule has 10 aromatic rings. The molecule has 0 spiro atoms. The topological polar surface area (TPSA) is 34.1 Å². The van der Waals surface area contributed by atoms with Crippen molar-refractivity contribution < 1.29 is 0 Å². The molecule has 2 aliphatic carbocycles. The quantitative estimate of drug-likeness (QED) is 0.159. The van der Waals surface area contributed by atoms with Crippen molar-refractivity contribution in [2.45, 2.75) is 12.8 Å². The van der Waals surface area contributed by atoms with Gasteiger partial charge in [-0.1, -0.05) is 0 Å². The first kappa shape index (κ1) is 23.9. The molecule has 0 unspecified atom stereocenters. The summed E-state index contributed by atoms with van der Waals surface area (Å²) in [4.78, 5) is 31.5. The van der Waals surface area contributed by atoms with Crippen LogP contribution in [0, 0.1) is 0 Å². The van der Waals surface area contributed by atoms with Crippen LogP contribution in [-0.2, 0) is 12.8 Å². The smallest absolute Gasteiger partial charge is 0.197 e. The molecule has 0 aliphatic heterocycles. The fourth-order valence-corrected chi connectivity index (χ4v) is 16.9. The van der Waals surface area contributed by atoms with E-state index in [-0.39, 0.29) is 10.9 Å². The summed E-state index contributed by atoms with van der Waals surface area (Å²) < 4.78 is 9.43. The Balaban J connectivity index is 0.000000108. The monoisotopic (exact) mass is 684 g/mol. The van der Waals surface area contributed by atoms with Gasteiger partial charge >= 0.3 is 0 Å². The van der Waals surface area contributed by atoms with Crippen molar-refractivity contribution >= 4 is 150 Å². The molecule has 2 nitrogen and oxygen atoms in total. The molecule has 2 aromatic carbocycles. The molecule has 0 atom stereocenters. The molecule has 12 rings (SSSR count). The molecule has 0 amide bonds. The third-order valence-electron chi connectivity index (χ3n) is 8.56. The summed E-state index contributed by atoms with van der Waals surface area (Å²) in [5, 5.41) is 11.7. The molecule has 0 radical (unpaired) electrons. The van der Waals surface area contributed by atoms with Crippen LogP contribution in [0.4, 0.5) is 0 Å². The molecule has 0 N–H and O–H groups in total. The Labute approximate surface area is 268 Å². The SMILES string of the molecule is O=c1c2ccsc2c2sc3c(sc4c5sccc5c(=O)c43)c12.c1cc2c(s1)-c1sc3c4c(sc3c1C2)-c1sccc1C4. The predicted octanol–water partition coefficient (Wildman–Crippen LogP) is 11.5. The van der Waals surface area contributed by atoms with Crippen molar-refractivity contribution in [3.63, 3.8) is 0 Å². The maximum Gasteiger partial charge on any atom is 0.197 e. The molecule has 0 saturated carbocycles. The first-order valence-electron chi connectivity index (χ1n) is 13.2. The highest BCUT2D eigenvalue weighted by atomic mass is 32.1. The van der Waals surface area contributed by atoms with E-state index in [1.807, 2.05) is 68.2 Å². The molecule has 200 valence electrons. The van der Waals surface area contributed by atoms with Gasteiger partial charge in [-0.05, 0) is 68.0 Å². The summed E-state index contributed by atoms with van der Waals surface area (Å²) >= 11 is 14.4. The lowest BCUT2D eigenvalue weighted by atomic mass is 10.1. The van der Waals surface area contributed by atoms with Crippen LogP contribution in [0.15, 0.2) is 55.4 Å². The third-order valence-corrected chi connectivity index (χ3v) is 18.2. The lowest BCUT2D eigenvalue weighted by molar-refractivity contribution is 1.30. The van der Waals surface area contributed by atoms with Gasteiger partial charge in [0.05, 0.1) is 58.1 Å². The molecule has 0 saturated heterocycles. The molecule has 8 aromatic heterocycles. The van der Waals surface area contributed by atoms with Crippen molar-refractivity contribution in [2.75, 3.05) is 0 Å². The lowest BCUT2D eigenvalue weighted by Gasteiger charge is -1.91. The second kappa shape index (κ2) is 8.13. The predicted molar refractivity (Wildman–Crippen MR) is 192 cm³/mol. The number of hydrogen-bond donors (Lipinski definition) is 0. The second-order valence-electron chi connectivity index (χ2n) is 10.6. The highest BCUT2D eigenvalue weighted by Gasteiger charge is 2.32. The van der Waals surface area contributed by atoms with Crippen molar-refractivity contribution in [1.82, 2.24) is 0 Å². The Hall–Kier alpha value is -2.54. The van der Waals surface area contributed by atoms with E-state index >= 15 is 0 Å². The lowest BCUT2D eigenvalue weighted by Crippen LogP contribution is -1.92. The summed E-state index contributed by atoms with van der Waals surface area (Å²) in [5.41, 5.74) is 6.56. The van der Waals surface area contributed by atoms with Crippen LogP contribution in [0.25, 0.3) is 78.7 Å². The Kier molecular flexibility index (Phi) is 4.62. The Morgan fingerprint density at radius 3 is 1.33 bits per heavy atom. The van der Waals surface area contributed by atoms with E-state index in [0.29, 0.717) is 0 Å². The standard InChI is InChI=1S/C16H4O2S4.C16H8S4/c17-9-5-1-3-19-11(5)13-7(9)15-16(21-13)8-10(18)6-2-4-20-12(6)14(8)22-15;1-3-17-11-7(1)5-9-13(11)19-16-10-6-8-2-4-18-12(8)14(10)20-15(9)16/h1-4H;1-4H,5-6H2. The normalized spacial score (nSPS) is 13.7. The van der Waals surface area contributed by atoms with Crippen LogP contribution in [0.1, 0.15) is 22.3 Å². The largest absolute Gasteiger partial charge is 0.288 e. The highest BCUT2D eigenvalue weighted by molar-refractivity contribution is 7.40. The maximum absolute atomic E-state index is 12.7. The third kappa shape index (κ3) is 2.80. The number of hydrogen-bond acceptors (Lipinski definition) is 10. The van der Waals surface area contributed by atoms with Gasteiger partial charge in [0.1, 0.15) is 0 Å². The van der Waals surface area contributed by atoms with Crippen molar-refractivity contribution in [3.05, 3.63) is 88.5 Å². The van der Waals surface area contributed by atoms with Crippen LogP contribution in [0.2, 0.25) is 0 Å². The average molecular weight is 685 g/mol. The van der Waals surface area contributed by atoms with Crippen LogP contribution in [0.5, 0.6) is 0 Å². The minimum Gasteiger partial charge on any atom is -0.288 e. The van der Waals surface area contributed by atoms with Crippen molar-refractivity contribution in [1.29, 1.82) is 0 Å². The van der Waals surface area contributed by atoms with E-state index in [2.05, 4.69) is 22.9 Å². The van der Waals surface area contributed by atoms with Gasteiger partial charge in [0, 0.05) is 33.4 Å². The van der Waals surface area contributed by atoms with Crippen LogP contribution in [-0.4, -0.2) is 0 Å². The van der Waals surface area contributed by atoms with Gasteiger partial charge in [-0.25, -0.2) is 0 Å². The molecule has 8 heterocycles. The van der Waals surface area contributed by atoms with Gasteiger partial charge in [0.2, 0.25) is 0 Å². The zero-order chi connectivity index (χ0) is 27.4. The van der Waals surface area contributed by atoms with Gasteiger partial charge in [-0.3, -0.25) is 9.59 Å². The van der Waals surface area contributed by atoms with E-state index in [9.17, 15) is 9.59 Å². The zero-order valence-corrected chi connectivity index (χ0v) is 27.6. The summed E-state index contributed by atoms with van der Waals surface area (Å²) in [5.74, 6) is 0. The Morgan fingerprint density at radius 2 is 0.857 bits per heavy atom. The van der Waals surface area contributed by atoms with Gasteiger partial charge in [0.15, 0.2) is 10.9 Å². The van der Waals surface area contributed by atoms with E-state index in [0.717, 1.165) is 62.6 Å². The van der Waals surface area contributed by atoms with Crippen molar-refractivity contribution in [3.8, 4) is 19.5 Å². The van der Waals surface area contributed by atoms with Crippen molar-refractivity contribution in [2.24, 2.45) is 0 Å². The summed E-state index contributed by atoms with van der Waals surface area (Å²) in [6, 6.07) is 8.42. The Morgan fingerprint density at radius 1 is 0.429 bits per heavy atom. The van der Waals surface area contributed by atoms with E-state index in [1.165, 1.54) is 9.75 Å². The van der Waals surface area contributed by atoms with Crippen LogP contribution < -0.4 is 10.9 Å². The zero-order valence-electron chi connectivity index (χ0n) is 21.1. The maximum atomic E-state index is 12.7. The molecule has 2 aliphatic rings. The fraction of sp³-hybridized carbons (Fsp3) is 0.0625. The highest BCUT2D eigenvalue weighted by Crippen LogP contribution is 2.57. The molecule has 10 heteroatoms. The van der Waals surface area contributed by atoms with E-state index in [1.54, 1.807) is 86.8 Å². The van der Waals surface area contributed by atoms with Crippen LogP contribution >= 0.6 is 90.7 Å². The van der Waals surface area contributed by atoms with Gasteiger partial charge in [-0.15, -0.1) is 90.7 Å². The minimum absolute atomic E-state index is 0.122. The van der Waals surface area contributed by atoms with E-state index in [4.69, 9.17) is 0 Å². The number of thiophene rings is 8. The molecular formula is C32H12O2S8. The second-order valence-corrected chi connectivity index (χ2v) is 18.4. The number of fused-ring (bicyclic) bond motifs is 18. The summed E-state index contributed by atoms with van der Waals surface area (Å²) in [6.45, 7) is 0.